The monoisotopic (exact) mass is 429 g/mol. The normalized spacial score (nSPS) is 20.3. The van der Waals surface area contributed by atoms with E-state index < -0.39 is 0 Å². The summed E-state index contributed by atoms with van der Waals surface area (Å²) in [6.45, 7) is 7.85. The number of halogens is 1. The molecule has 0 aliphatic carbocycles. The lowest BCUT2D eigenvalue weighted by Crippen LogP contribution is -2.47. The molecule has 2 aliphatic rings. The van der Waals surface area contributed by atoms with Crippen molar-refractivity contribution in [1.29, 1.82) is 0 Å². The number of nitro benzene ring substituents is 1. The highest BCUT2D eigenvalue weighted by Crippen LogP contribution is 2.28. The predicted molar refractivity (Wildman–Crippen MR) is 107 cm³/mol. The summed E-state index contributed by atoms with van der Waals surface area (Å²) in [6.07, 6.45) is 0. The molecule has 26 heavy (non-hydrogen) atoms. The Bertz CT molecular complexity index is 578. The summed E-state index contributed by atoms with van der Waals surface area (Å²) in [5.74, 6) is 5.50. The minimum atomic E-state index is -0.372. The van der Waals surface area contributed by atoms with Crippen molar-refractivity contribution in [3.8, 4) is 0 Å². The summed E-state index contributed by atoms with van der Waals surface area (Å²) >= 11 is 3.25. The molecule has 0 radical (unpaired) electrons. The highest BCUT2D eigenvalue weighted by molar-refractivity contribution is 9.10. The summed E-state index contributed by atoms with van der Waals surface area (Å²) in [7, 11) is 4.19. The van der Waals surface area contributed by atoms with Crippen molar-refractivity contribution >= 4 is 27.3 Å². The number of nitro groups is 1. The molecule has 0 amide bonds. The maximum Gasteiger partial charge on any atom is 0.294 e. The van der Waals surface area contributed by atoms with Gasteiger partial charge >= 0.3 is 0 Å². The number of anilines is 1. The van der Waals surface area contributed by atoms with E-state index in [-0.39, 0.29) is 10.6 Å². The molecule has 0 unspecified atom stereocenters. The van der Waals surface area contributed by atoms with Gasteiger partial charge in [-0.05, 0) is 26.2 Å². The smallest absolute Gasteiger partial charge is 0.294 e. The molecule has 1 aromatic rings. The number of hydrogen-bond donors (Lipinski definition) is 2. The van der Waals surface area contributed by atoms with Crippen LogP contribution < -0.4 is 11.3 Å². The molecular formula is C16H28BrN7O2. The number of likely N-dealkylation sites (N-methyl/N-ethyl adjacent to an activating group) is 2. The van der Waals surface area contributed by atoms with Gasteiger partial charge < -0.3 is 15.2 Å². The van der Waals surface area contributed by atoms with Gasteiger partial charge in [-0.25, -0.2) is 10.0 Å². The van der Waals surface area contributed by atoms with Crippen LogP contribution in [0.2, 0.25) is 0 Å². The molecule has 2 fully saturated rings. The molecule has 3 rings (SSSR count). The maximum atomic E-state index is 11.0. The van der Waals surface area contributed by atoms with Crippen LogP contribution in [0.1, 0.15) is 0 Å². The summed E-state index contributed by atoms with van der Waals surface area (Å²) < 4.78 is 0.707. The van der Waals surface area contributed by atoms with Crippen LogP contribution >= 0.6 is 15.9 Å². The third kappa shape index (κ3) is 6.78. The molecule has 9 nitrogen and oxygen atoms in total. The van der Waals surface area contributed by atoms with Crippen LogP contribution in [0.15, 0.2) is 22.7 Å². The molecule has 146 valence electrons. The predicted octanol–water partition coefficient (Wildman–Crippen LogP) is 1.04. The zero-order valence-corrected chi connectivity index (χ0v) is 17.0. The quantitative estimate of drug-likeness (QED) is 0.418. The average Bonchev–Trinajstić information content (AvgIpc) is 2.61. The third-order valence-electron chi connectivity index (χ3n) is 4.48. The Morgan fingerprint density at radius 1 is 1.04 bits per heavy atom. The van der Waals surface area contributed by atoms with Gasteiger partial charge in [0.05, 0.1) is 4.92 Å². The Morgan fingerprint density at radius 2 is 1.58 bits per heavy atom. The molecule has 1 aromatic carbocycles. The third-order valence-corrected chi connectivity index (χ3v) is 4.97. The molecule has 0 saturated carbocycles. The zero-order valence-electron chi connectivity index (χ0n) is 15.4. The number of nitrogens with one attached hydrogen (secondary N) is 1. The molecule has 2 heterocycles. The van der Waals surface area contributed by atoms with Crippen molar-refractivity contribution in [2.75, 3.05) is 71.9 Å². The number of hydrazine groups is 2. The van der Waals surface area contributed by atoms with E-state index in [2.05, 4.69) is 45.3 Å². The maximum absolute atomic E-state index is 11.0. The van der Waals surface area contributed by atoms with E-state index in [0.29, 0.717) is 10.2 Å². The number of benzene rings is 1. The van der Waals surface area contributed by atoms with Crippen LogP contribution in [-0.2, 0) is 0 Å². The Balaban J connectivity index is 0.000000254. The fourth-order valence-corrected chi connectivity index (χ4v) is 3.01. The van der Waals surface area contributed by atoms with E-state index in [1.54, 1.807) is 12.1 Å². The fourth-order valence-electron chi connectivity index (χ4n) is 2.66. The van der Waals surface area contributed by atoms with Crippen molar-refractivity contribution < 1.29 is 4.92 Å². The van der Waals surface area contributed by atoms with Crippen LogP contribution in [0.4, 0.5) is 11.4 Å². The summed E-state index contributed by atoms with van der Waals surface area (Å²) in [4.78, 5) is 15.1. The molecule has 0 aromatic heterocycles. The average molecular weight is 430 g/mol. The number of piperazine rings is 2. The van der Waals surface area contributed by atoms with E-state index in [0.717, 1.165) is 52.4 Å². The summed E-state index contributed by atoms with van der Waals surface area (Å²) in [5, 5.41) is 14.9. The van der Waals surface area contributed by atoms with Gasteiger partial charge in [0.1, 0.15) is 5.69 Å². The van der Waals surface area contributed by atoms with Crippen molar-refractivity contribution in [3.05, 3.63) is 32.8 Å². The number of nitrogens with zero attached hydrogens (tertiary/aromatic N) is 5. The zero-order chi connectivity index (χ0) is 19.1. The molecule has 0 bridgehead atoms. The standard InChI is InChI=1S/C11H15BrN4O2.C5H13N3/c1-14-4-6-15(7-5-14)13-10-3-2-9(12)8-11(10)16(17)18;1-7-2-4-8(6)5-3-7/h2-3,8,13H,4-7H2,1H3;2-6H2,1H3. The van der Waals surface area contributed by atoms with E-state index >= 15 is 0 Å². The highest BCUT2D eigenvalue weighted by atomic mass is 79.9. The van der Waals surface area contributed by atoms with Crippen molar-refractivity contribution in [1.82, 2.24) is 19.8 Å². The summed E-state index contributed by atoms with van der Waals surface area (Å²) in [6, 6.07) is 5.03. The molecule has 10 heteroatoms. The lowest BCUT2D eigenvalue weighted by atomic mass is 10.3. The van der Waals surface area contributed by atoms with Crippen LogP contribution in [0, 0.1) is 10.1 Å². The molecular weight excluding hydrogens is 402 g/mol. The van der Waals surface area contributed by atoms with Crippen LogP contribution in [0.3, 0.4) is 0 Å². The van der Waals surface area contributed by atoms with Crippen molar-refractivity contribution in [2.24, 2.45) is 5.84 Å². The van der Waals surface area contributed by atoms with Crippen LogP contribution in [0.5, 0.6) is 0 Å². The Kier molecular flexibility index (Phi) is 8.19. The highest BCUT2D eigenvalue weighted by Gasteiger charge is 2.19. The van der Waals surface area contributed by atoms with E-state index in [1.165, 1.54) is 6.07 Å². The minimum Gasteiger partial charge on any atom is -0.313 e. The van der Waals surface area contributed by atoms with Crippen molar-refractivity contribution in [3.63, 3.8) is 0 Å². The SMILES string of the molecule is CN1CCN(N)CC1.CN1CCN(Nc2ccc(Br)cc2[N+](=O)[O-])CC1. The van der Waals surface area contributed by atoms with Gasteiger partial charge in [0.25, 0.3) is 5.69 Å². The van der Waals surface area contributed by atoms with Crippen LogP contribution in [0.25, 0.3) is 0 Å². The molecule has 2 aliphatic heterocycles. The van der Waals surface area contributed by atoms with Gasteiger partial charge in [0.2, 0.25) is 0 Å². The second kappa shape index (κ2) is 10.1. The number of hydrogen-bond acceptors (Lipinski definition) is 8. The first kappa shape index (κ1) is 21.0. The first-order valence-corrected chi connectivity index (χ1v) is 9.46. The Morgan fingerprint density at radius 3 is 2.08 bits per heavy atom. The van der Waals surface area contributed by atoms with E-state index in [1.807, 2.05) is 10.0 Å². The first-order chi connectivity index (χ1) is 12.3. The molecule has 3 N–H and O–H groups in total. The second-order valence-corrected chi connectivity index (χ2v) is 7.58. The van der Waals surface area contributed by atoms with Gasteiger partial charge in [0, 0.05) is 62.9 Å². The van der Waals surface area contributed by atoms with Gasteiger partial charge in [-0.15, -0.1) is 0 Å². The van der Waals surface area contributed by atoms with Gasteiger partial charge in [-0.3, -0.25) is 16.0 Å². The summed E-state index contributed by atoms with van der Waals surface area (Å²) in [5.41, 5.74) is 3.74. The number of rotatable bonds is 3. The molecule has 0 spiro atoms. The minimum absolute atomic E-state index is 0.0864. The van der Waals surface area contributed by atoms with Gasteiger partial charge in [-0.2, -0.15) is 0 Å². The largest absolute Gasteiger partial charge is 0.313 e. The molecule has 2 saturated heterocycles. The fraction of sp³-hybridized carbons (Fsp3) is 0.625. The number of nitrogens with two attached hydrogens (primary N) is 1. The second-order valence-electron chi connectivity index (χ2n) is 6.66. The van der Waals surface area contributed by atoms with Crippen molar-refractivity contribution in [2.45, 2.75) is 0 Å². The Hall–Kier alpha value is -1.30. The van der Waals surface area contributed by atoms with E-state index in [9.17, 15) is 10.1 Å². The molecule has 0 atom stereocenters. The van der Waals surface area contributed by atoms with Gasteiger partial charge in [0.15, 0.2) is 0 Å². The first-order valence-electron chi connectivity index (χ1n) is 8.67. The van der Waals surface area contributed by atoms with Gasteiger partial charge in [-0.1, -0.05) is 15.9 Å². The Labute approximate surface area is 162 Å². The topological polar surface area (TPSA) is 94.2 Å². The van der Waals surface area contributed by atoms with Crippen LogP contribution in [-0.4, -0.2) is 91.2 Å². The lowest BCUT2D eigenvalue weighted by Gasteiger charge is -2.32. The van der Waals surface area contributed by atoms with E-state index in [4.69, 9.17) is 5.84 Å². The lowest BCUT2D eigenvalue weighted by molar-refractivity contribution is -0.384.